The number of aryl methyl sites for hydroxylation is 1. The average Bonchev–Trinajstić information content (AvgIpc) is 3.19. The third kappa shape index (κ3) is 5.82. The summed E-state index contributed by atoms with van der Waals surface area (Å²) in [6.07, 6.45) is 2.14. The van der Waals surface area contributed by atoms with Crippen LogP contribution in [0, 0.1) is 6.92 Å². The van der Waals surface area contributed by atoms with Crippen molar-refractivity contribution in [2.75, 3.05) is 25.1 Å². The van der Waals surface area contributed by atoms with Crippen molar-refractivity contribution in [3.05, 3.63) is 59.7 Å². The third-order valence-corrected chi connectivity index (χ3v) is 4.30. The van der Waals surface area contributed by atoms with Gasteiger partial charge in [0, 0.05) is 24.4 Å². The third-order valence-electron chi connectivity index (χ3n) is 4.30. The molecule has 1 atom stereocenters. The molecular formula is C21H24N2O4. The fraction of sp³-hybridized carbons (Fsp3) is 0.333. The van der Waals surface area contributed by atoms with Crippen molar-refractivity contribution in [3.63, 3.8) is 0 Å². The number of hydrogen-bond acceptors (Lipinski definition) is 4. The van der Waals surface area contributed by atoms with Crippen LogP contribution in [0.2, 0.25) is 0 Å². The first-order valence-electron chi connectivity index (χ1n) is 9.09. The van der Waals surface area contributed by atoms with Crippen LogP contribution in [0.4, 0.5) is 5.69 Å². The highest BCUT2D eigenvalue weighted by atomic mass is 16.5. The highest BCUT2D eigenvalue weighted by Crippen LogP contribution is 2.14. The molecule has 0 saturated carbocycles. The van der Waals surface area contributed by atoms with E-state index in [-0.39, 0.29) is 24.5 Å². The minimum absolute atomic E-state index is 0.0763. The van der Waals surface area contributed by atoms with E-state index in [2.05, 4.69) is 10.6 Å². The number of carbonyl (C=O) groups excluding carboxylic acids is 2. The van der Waals surface area contributed by atoms with Crippen molar-refractivity contribution in [2.24, 2.45) is 0 Å². The van der Waals surface area contributed by atoms with Gasteiger partial charge in [-0.2, -0.15) is 0 Å². The lowest BCUT2D eigenvalue weighted by Gasteiger charge is -2.11. The van der Waals surface area contributed by atoms with Crippen molar-refractivity contribution >= 4 is 17.5 Å². The van der Waals surface area contributed by atoms with Crippen LogP contribution in [0.5, 0.6) is 5.75 Å². The number of rotatable bonds is 7. The molecule has 1 saturated heterocycles. The molecule has 6 heteroatoms. The van der Waals surface area contributed by atoms with Gasteiger partial charge in [0.1, 0.15) is 5.75 Å². The van der Waals surface area contributed by atoms with E-state index < -0.39 is 0 Å². The second kappa shape index (κ2) is 9.19. The molecule has 2 aromatic rings. The fourth-order valence-electron chi connectivity index (χ4n) is 2.87. The summed E-state index contributed by atoms with van der Waals surface area (Å²) in [6.45, 7) is 3.18. The first kappa shape index (κ1) is 18.9. The summed E-state index contributed by atoms with van der Waals surface area (Å²) >= 11 is 0. The molecule has 1 aliphatic heterocycles. The van der Waals surface area contributed by atoms with Crippen LogP contribution in [0.3, 0.4) is 0 Å². The molecule has 3 rings (SSSR count). The lowest BCUT2D eigenvalue weighted by Crippen LogP contribution is -2.31. The van der Waals surface area contributed by atoms with Crippen LogP contribution in [0.25, 0.3) is 0 Å². The molecule has 1 unspecified atom stereocenters. The van der Waals surface area contributed by atoms with Crippen molar-refractivity contribution < 1.29 is 19.1 Å². The van der Waals surface area contributed by atoms with Crippen LogP contribution in [0.1, 0.15) is 28.8 Å². The summed E-state index contributed by atoms with van der Waals surface area (Å²) in [5, 5.41) is 5.63. The maximum atomic E-state index is 12.1. The van der Waals surface area contributed by atoms with Crippen molar-refractivity contribution in [1.29, 1.82) is 0 Å². The molecule has 1 heterocycles. The summed E-state index contributed by atoms with van der Waals surface area (Å²) in [5.74, 6) is 0.252. The fourth-order valence-corrected chi connectivity index (χ4v) is 2.87. The zero-order valence-corrected chi connectivity index (χ0v) is 15.4. The Morgan fingerprint density at radius 3 is 2.70 bits per heavy atom. The number of ether oxygens (including phenoxy) is 2. The first-order valence-corrected chi connectivity index (χ1v) is 9.09. The summed E-state index contributed by atoms with van der Waals surface area (Å²) in [7, 11) is 0. The number of benzene rings is 2. The highest BCUT2D eigenvalue weighted by molar-refractivity contribution is 5.96. The number of anilines is 1. The van der Waals surface area contributed by atoms with Crippen LogP contribution in [0.15, 0.2) is 48.5 Å². The summed E-state index contributed by atoms with van der Waals surface area (Å²) in [5.41, 5.74) is 2.23. The highest BCUT2D eigenvalue weighted by Gasteiger charge is 2.16. The van der Waals surface area contributed by atoms with Crippen LogP contribution >= 0.6 is 0 Å². The van der Waals surface area contributed by atoms with E-state index in [0.717, 1.165) is 25.0 Å². The molecule has 0 aliphatic carbocycles. The number of amides is 2. The van der Waals surface area contributed by atoms with Gasteiger partial charge >= 0.3 is 0 Å². The second-order valence-electron chi connectivity index (χ2n) is 6.58. The van der Waals surface area contributed by atoms with Gasteiger partial charge in [0.05, 0.1) is 6.10 Å². The molecular weight excluding hydrogens is 344 g/mol. The Kier molecular flexibility index (Phi) is 6.44. The largest absolute Gasteiger partial charge is 0.484 e. The Morgan fingerprint density at radius 2 is 2.00 bits per heavy atom. The van der Waals surface area contributed by atoms with Crippen molar-refractivity contribution in [3.8, 4) is 5.75 Å². The molecule has 1 fully saturated rings. The van der Waals surface area contributed by atoms with E-state index in [9.17, 15) is 9.59 Å². The molecule has 0 radical (unpaired) electrons. The summed E-state index contributed by atoms with van der Waals surface area (Å²) in [4.78, 5) is 24.2. The van der Waals surface area contributed by atoms with Gasteiger partial charge in [-0.15, -0.1) is 0 Å². The molecule has 2 N–H and O–H groups in total. The molecule has 0 bridgehead atoms. The van der Waals surface area contributed by atoms with Gasteiger partial charge in [0.25, 0.3) is 11.8 Å². The van der Waals surface area contributed by atoms with Gasteiger partial charge < -0.3 is 20.1 Å². The van der Waals surface area contributed by atoms with Gasteiger partial charge in [-0.3, -0.25) is 9.59 Å². The van der Waals surface area contributed by atoms with E-state index in [4.69, 9.17) is 9.47 Å². The minimum atomic E-state index is -0.257. The average molecular weight is 368 g/mol. The Balaban J connectivity index is 1.45. The Hall–Kier alpha value is -2.86. The SMILES string of the molecule is Cc1cccc(OCC(=O)Nc2ccc(C(=O)NCC3CCCO3)cc2)c1. The maximum Gasteiger partial charge on any atom is 0.262 e. The minimum Gasteiger partial charge on any atom is -0.484 e. The van der Waals surface area contributed by atoms with Crippen LogP contribution in [-0.4, -0.2) is 37.7 Å². The van der Waals surface area contributed by atoms with Gasteiger partial charge in [0.2, 0.25) is 0 Å². The van der Waals surface area contributed by atoms with Gasteiger partial charge in [0.15, 0.2) is 6.61 Å². The summed E-state index contributed by atoms with van der Waals surface area (Å²) < 4.78 is 11.0. The Bertz CT molecular complexity index is 783. The first-order chi connectivity index (χ1) is 13.1. The Morgan fingerprint density at radius 1 is 1.19 bits per heavy atom. The maximum absolute atomic E-state index is 12.1. The predicted octanol–water partition coefficient (Wildman–Crippen LogP) is 2.92. The van der Waals surface area contributed by atoms with Gasteiger partial charge in [-0.05, 0) is 61.7 Å². The van der Waals surface area contributed by atoms with E-state index in [0.29, 0.717) is 23.5 Å². The zero-order chi connectivity index (χ0) is 19.1. The Labute approximate surface area is 158 Å². The molecule has 142 valence electrons. The van der Waals surface area contributed by atoms with E-state index in [1.54, 1.807) is 24.3 Å². The van der Waals surface area contributed by atoms with Crippen molar-refractivity contribution in [2.45, 2.75) is 25.9 Å². The van der Waals surface area contributed by atoms with E-state index in [1.807, 2.05) is 31.2 Å². The molecule has 2 amide bonds. The number of nitrogens with one attached hydrogen (secondary N) is 2. The van der Waals surface area contributed by atoms with Gasteiger partial charge in [-0.1, -0.05) is 12.1 Å². The van der Waals surface area contributed by atoms with E-state index in [1.165, 1.54) is 0 Å². The quantitative estimate of drug-likeness (QED) is 0.788. The van der Waals surface area contributed by atoms with Crippen molar-refractivity contribution in [1.82, 2.24) is 5.32 Å². The lowest BCUT2D eigenvalue weighted by molar-refractivity contribution is -0.118. The molecule has 27 heavy (non-hydrogen) atoms. The number of hydrogen-bond donors (Lipinski definition) is 2. The predicted molar refractivity (Wildman–Crippen MR) is 103 cm³/mol. The molecule has 1 aliphatic rings. The van der Waals surface area contributed by atoms with Crippen LogP contribution < -0.4 is 15.4 Å². The number of carbonyl (C=O) groups is 2. The molecule has 2 aromatic carbocycles. The molecule has 6 nitrogen and oxygen atoms in total. The smallest absolute Gasteiger partial charge is 0.262 e. The molecule has 0 aromatic heterocycles. The molecule has 0 spiro atoms. The van der Waals surface area contributed by atoms with E-state index >= 15 is 0 Å². The van der Waals surface area contributed by atoms with Crippen LogP contribution in [-0.2, 0) is 9.53 Å². The summed E-state index contributed by atoms with van der Waals surface area (Å²) in [6, 6.07) is 14.3. The topological polar surface area (TPSA) is 76.7 Å². The van der Waals surface area contributed by atoms with Gasteiger partial charge in [-0.25, -0.2) is 0 Å². The monoisotopic (exact) mass is 368 g/mol. The standard InChI is InChI=1S/C21H24N2O4/c1-15-4-2-5-18(12-15)27-14-20(24)23-17-9-7-16(8-10-17)21(25)22-13-19-6-3-11-26-19/h2,4-5,7-10,12,19H,3,6,11,13-14H2,1H3,(H,22,25)(H,23,24). The zero-order valence-electron chi connectivity index (χ0n) is 15.4. The second-order valence-corrected chi connectivity index (χ2v) is 6.58. The lowest BCUT2D eigenvalue weighted by atomic mass is 10.2. The normalized spacial score (nSPS) is 16.0.